The van der Waals surface area contributed by atoms with E-state index in [4.69, 9.17) is 4.42 Å². The number of nitrogens with zero attached hydrogens (tertiary/aromatic N) is 5. The summed E-state index contributed by atoms with van der Waals surface area (Å²) in [6.45, 7) is 2.82. The summed E-state index contributed by atoms with van der Waals surface area (Å²) in [5.41, 5.74) is 2.11. The van der Waals surface area contributed by atoms with Gasteiger partial charge in [-0.2, -0.15) is 0 Å². The average molecular weight is 446 g/mol. The largest absolute Gasteiger partial charge is 0.448 e. The van der Waals surface area contributed by atoms with Gasteiger partial charge in [0.25, 0.3) is 5.56 Å². The van der Waals surface area contributed by atoms with E-state index < -0.39 is 0 Å². The summed E-state index contributed by atoms with van der Waals surface area (Å²) < 4.78 is 7.06. The Hall–Kier alpha value is -3.52. The van der Waals surface area contributed by atoms with Crippen LogP contribution in [0.25, 0.3) is 22.1 Å². The minimum absolute atomic E-state index is 0.0464. The van der Waals surface area contributed by atoms with E-state index in [0.717, 1.165) is 50.0 Å². The van der Waals surface area contributed by atoms with Crippen LogP contribution in [0, 0.1) is 0 Å². The number of benzene rings is 1. The number of likely N-dealkylation sites (N-methyl/N-ethyl adjacent to an activating group) is 1. The maximum Gasteiger partial charge on any atom is 0.297 e. The molecule has 0 atom stereocenters. The summed E-state index contributed by atoms with van der Waals surface area (Å²) in [6, 6.07) is 13.6. The number of aromatic nitrogens is 3. The average Bonchev–Trinajstić information content (AvgIpc) is 3.24. The zero-order chi connectivity index (χ0) is 22.8. The number of piperidine rings is 1. The third-order valence-corrected chi connectivity index (χ3v) is 6.56. The van der Waals surface area contributed by atoms with Crippen LogP contribution >= 0.6 is 0 Å². The van der Waals surface area contributed by atoms with Gasteiger partial charge >= 0.3 is 0 Å². The first kappa shape index (κ1) is 21.3. The third-order valence-electron chi connectivity index (χ3n) is 6.56. The van der Waals surface area contributed by atoms with Gasteiger partial charge < -0.3 is 14.2 Å². The predicted molar refractivity (Wildman–Crippen MR) is 126 cm³/mol. The standard InChI is InChI=1S/C25H27N5O3/c1-28(19-10-14-29(15-11-19)13-9-18-6-4-5-12-26-18)22(31)16-30-17-27-23-20-7-2-3-8-21(20)33-24(23)25(30)32/h2-8,12,17,19H,9-11,13-16H2,1H3. The number of likely N-dealkylation sites (tertiary alicyclic amines) is 1. The van der Waals surface area contributed by atoms with Crippen LogP contribution in [0.2, 0.25) is 0 Å². The summed E-state index contributed by atoms with van der Waals surface area (Å²) in [5, 5.41) is 0.801. The molecule has 33 heavy (non-hydrogen) atoms. The number of pyridine rings is 1. The maximum atomic E-state index is 13.0. The molecule has 170 valence electrons. The third kappa shape index (κ3) is 4.39. The minimum atomic E-state index is -0.331. The van der Waals surface area contributed by atoms with Crippen molar-refractivity contribution < 1.29 is 9.21 Å². The molecular formula is C25H27N5O3. The lowest BCUT2D eigenvalue weighted by atomic mass is 10.0. The first-order valence-corrected chi connectivity index (χ1v) is 11.3. The molecule has 1 fully saturated rings. The van der Waals surface area contributed by atoms with Crippen LogP contribution in [0.15, 0.2) is 64.2 Å². The van der Waals surface area contributed by atoms with E-state index in [0.29, 0.717) is 11.1 Å². The summed E-state index contributed by atoms with van der Waals surface area (Å²) in [5.74, 6) is -0.0960. The molecule has 0 aliphatic carbocycles. The minimum Gasteiger partial charge on any atom is -0.448 e. The fourth-order valence-electron chi connectivity index (χ4n) is 4.54. The molecular weight excluding hydrogens is 418 g/mol. The van der Waals surface area contributed by atoms with Crippen LogP contribution in [-0.2, 0) is 17.8 Å². The SMILES string of the molecule is CN(C(=O)Cn1cnc2c(oc3ccccc32)c1=O)C1CCN(CCc2ccccn2)CC1. The smallest absolute Gasteiger partial charge is 0.297 e. The van der Waals surface area contributed by atoms with E-state index in [1.165, 1.54) is 10.9 Å². The number of hydrogen-bond donors (Lipinski definition) is 0. The lowest BCUT2D eigenvalue weighted by molar-refractivity contribution is -0.133. The first-order chi connectivity index (χ1) is 16.1. The Labute approximate surface area is 191 Å². The van der Waals surface area contributed by atoms with Crippen LogP contribution in [0.1, 0.15) is 18.5 Å². The lowest BCUT2D eigenvalue weighted by Gasteiger charge is -2.36. The Bertz CT molecular complexity index is 1320. The van der Waals surface area contributed by atoms with Crippen LogP contribution in [0.4, 0.5) is 0 Å². The molecule has 1 saturated heterocycles. The van der Waals surface area contributed by atoms with Gasteiger partial charge in [0.05, 0.1) is 6.33 Å². The highest BCUT2D eigenvalue weighted by Gasteiger charge is 2.26. The highest BCUT2D eigenvalue weighted by molar-refractivity contribution is 6.01. The molecule has 1 aromatic carbocycles. The van der Waals surface area contributed by atoms with Crippen molar-refractivity contribution in [3.63, 3.8) is 0 Å². The number of carbonyl (C=O) groups excluding carboxylic acids is 1. The van der Waals surface area contributed by atoms with E-state index in [-0.39, 0.29) is 29.6 Å². The van der Waals surface area contributed by atoms with Crippen LogP contribution in [0.3, 0.4) is 0 Å². The topological polar surface area (TPSA) is 84.5 Å². The van der Waals surface area contributed by atoms with Gasteiger partial charge in [-0.1, -0.05) is 18.2 Å². The van der Waals surface area contributed by atoms with Crippen molar-refractivity contribution in [1.82, 2.24) is 24.3 Å². The highest BCUT2D eigenvalue weighted by atomic mass is 16.3. The van der Waals surface area contributed by atoms with Crippen LogP contribution < -0.4 is 5.56 Å². The van der Waals surface area contributed by atoms with Gasteiger partial charge in [-0.15, -0.1) is 0 Å². The molecule has 0 N–H and O–H groups in total. The second-order valence-electron chi connectivity index (χ2n) is 8.60. The second-order valence-corrected chi connectivity index (χ2v) is 8.60. The monoisotopic (exact) mass is 445 g/mol. The normalized spacial score (nSPS) is 15.3. The quantitative estimate of drug-likeness (QED) is 0.454. The van der Waals surface area contributed by atoms with E-state index in [2.05, 4.69) is 20.9 Å². The molecule has 1 aliphatic heterocycles. The number of furan rings is 1. The highest BCUT2D eigenvalue weighted by Crippen LogP contribution is 2.24. The molecule has 0 saturated carbocycles. The zero-order valence-corrected chi connectivity index (χ0v) is 18.7. The van der Waals surface area contributed by atoms with E-state index in [9.17, 15) is 9.59 Å². The van der Waals surface area contributed by atoms with Crippen LogP contribution in [-0.4, -0.2) is 63.0 Å². The molecule has 8 heteroatoms. The Kier molecular flexibility index (Phi) is 5.92. The number of para-hydroxylation sites is 1. The van der Waals surface area contributed by atoms with Crippen molar-refractivity contribution in [2.45, 2.75) is 31.8 Å². The van der Waals surface area contributed by atoms with Crippen molar-refractivity contribution in [3.8, 4) is 0 Å². The molecule has 0 bridgehead atoms. The molecule has 1 aliphatic rings. The van der Waals surface area contributed by atoms with Crippen molar-refractivity contribution in [3.05, 3.63) is 71.0 Å². The molecule has 3 aromatic heterocycles. The van der Waals surface area contributed by atoms with E-state index in [1.54, 1.807) is 4.90 Å². The van der Waals surface area contributed by atoms with Gasteiger partial charge in [-0.3, -0.25) is 19.1 Å². The fourth-order valence-corrected chi connectivity index (χ4v) is 4.54. The summed E-state index contributed by atoms with van der Waals surface area (Å²) in [7, 11) is 1.83. The number of hydrogen-bond acceptors (Lipinski definition) is 6. The van der Waals surface area contributed by atoms with E-state index >= 15 is 0 Å². The summed E-state index contributed by atoms with van der Waals surface area (Å²) in [4.78, 5) is 38.9. The number of carbonyl (C=O) groups is 1. The number of amides is 1. The van der Waals surface area contributed by atoms with Crippen molar-refractivity contribution >= 4 is 28.0 Å². The van der Waals surface area contributed by atoms with Crippen molar-refractivity contribution in [2.24, 2.45) is 0 Å². The van der Waals surface area contributed by atoms with Crippen LogP contribution in [0.5, 0.6) is 0 Å². The summed E-state index contributed by atoms with van der Waals surface area (Å²) >= 11 is 0. The molecule has 0 spiro atoms. The molecule has 5 rings (SSSR count). The maximum absolute atomic E-state index is 13.0. The van der Waals surface area contributed by atoms with Gasteiger partial charge in [0.15, 0.2) is 0 Å². The Morgan fingerprint density at radius 3 is 2.70 bits per heavy atom. The molecule has 8 nitrogen and oxygen atoms in total. The van der Waals surface area contributed by atoms with Crippen molar-refractivity contribution in [1.29, 1.82) is 0 Å². The molecule has 4 aromatic rings. The predicted octanol–water partition coefficient (Wildman–Crippen LogP) is 2.70. The molecule has 1 amide bonds. The number of rotatable bonds is 6. The summed E-state index contributed by atoms with van der Waals surface area (Å²) in [6.07, 6.45) is 6.04. The van der Waals surface area contributed by atoms with E-state index in [1.807, 2.05) is 49.6 Å². The zero-order valence-electron chi connectivity index (χ0n) is 18.7. The Balaban J connectivity index is 1.20. The van der Waals surface area contributed by atoms with Gasteiger partial charge in [0.1, 0.15) is 17.6 Å². The van der Waals surface area contributed by atoms with Crippen molar-refractivity contribution in [2.75, 3.05) is 26.7 Å². The van der Waals surface area contributed by atoms with Gasteiger partial charge in [0.2, 0.25) is 11.5 Å². The first-order valence-electron chi connectivity index (χ1n) is 11.3. The number of fused-ring (bicyclic) bond motifs is 3. The Morgan fingerprint density at radius 2 is 1.91 bits per heavy atom. The molecule has 4 heterocycles. The second kappa shape index (κ2) is 9.15. The van der Waals surface area contributed by atoms with Gasteiger partial charge in [-0.25, -0.2) is 4.98 Å². The van der Waals surface area contributed by atoms with Gasteiger partial charge in [-0.05, 0) is 37.1 Å². The molecule has 0 radical (unpaired) electrons. The fraction of sp³-hybridized carbons (Fsp3) is 0.360. The lowest BCUT2D eigenvalue weighted by Crippen LogP contribution is -2.47. The molecule has 0 unspecified atom stereocenters. The van der Waals surface area contributed by atoms with Gasteiger partial charge in [0, 0.05) is 56.4 Å². The Morgan fingerprint density at radius 1 is 1.12 bits per heavy atom.